The number of carbonyl (C=O) groups excluding carboxylic acids is 3. The molecule has 1 rings (SSSR count). The van der Waals surface area contributed by atoms with Crippen LogP contribution in [0.4, 0.5) is 0 Å². The van der Waals surface area contributed by atoms with Crippen LogP contribution >= 0.6 is 0 Å². The smallest absolute Gasteiger partial charge is 0.318 e. The van der Waals surface area contributed by atoms with E-state index in [-0.39, 0.29) is 0 Å². The van der Waals surface area contributed by atoms with E-state index in [2.05, 4.69) is 5.32 Å². The summed E-state index contributed by atoms with van der Waals surface area (Å²) in [4.78, 5) is 35.6. The molecule has 0 unspecified atom stereocenters. The molecule has 0 saturated carbocycles. The number of hydrogen-bond donors (Lipinski definition) is 1. The second kappa shape index (κ2) is 8.17. The van der Waals surface area contributed by atoms with Gasteiger partial charge in [-0.1, -0.05) is 12.1 Å². The molecule has 0 aliphatic rings. The first-order chi connectivity index (χ1) is 10.9. The minimum absolute atomic E-state index is 0.337. The molecule has 7 heteroatoms. The normalized spacial score (nSPS) is 12.7. The van der Waals surface area contributed by atoms with E-state index in [4.69, 9.17) is 14.2 Å². The van der Waals surface area contributed by atoms with Crippen LogP contribution in [0.2, 0.25) is 0 Å². The number of carbonyl (C=O) groups is 3. The fourth-order valence-electron chi connectivity index (χ4n) is 2.38. The Balaban J connectivity index is 3.50. The van der Waals surface area contributed by atoms with Crippen molar-refractivity contribution in [3.05, 3.63) is 23.8 Å². The maximum absolute atomic E-state index is 12.0. The van der Waals surface area contributed by atoms with Gasteiger partial charge in [0, 0.05) is 12.5 Å². The molecule has 1 N–H and O–H groups in total. The molecule has 0 aliphatic carbocycles. The van der Waals surface area contributed by atoms with E-state index >= 15 is 0 Å². The van der Waals surface area contributed by atoms with E-state index in [0.29, 0.717) is 17.1 Å². The Morgan fingerprint density at radius 2 is 1.70 bits per heavy atom. The van der Waals surface area contributed by atoms with Gasteiger partial charge in [-0.15, -0.1) is 0 Å². The van der Waals surface area contributed by atoms with Crippen molar-refractivity contribution in [3.63, 3.8) is 0 Å². The van der Waals surface area contributed by atoms with Gasteiger partial charge in [-0.05, 0) is 13.0 Å². The van der Waals surface area contributed by atoms with Crippen molar-refractivity contribution in [2.24, 2.45) is 5.92 Å². The highest BCUT2D eigenvalue weighted by Gasteiger charge is 2.37. The summed E-state index contributed by atoms with van der Waals surface area (Å²) in [6, 6.07) is 4.08. The molecule has 0 aromatic heterocycles. The lowest BCUT2D eigenvalue weighted by atomic mass is 9.89. The van der Waals surface area contributed by atoms with Crippen molar-refractivity contribution < 1.29 is 28.6 Å². The highest BCUT2D eigenvalue weighted by molar-refractivity contribution is 5.99. The van der Waals surface area contributed by atoms with E-state index in [0.717, 1.165) is 0 Å². The van der Waals surface area contributed by atoms with Gasteiger partial charge in [0.2, 0.25) is 5.91 Å². The SMILES string of the molecule is COC(=O)[C@@H](C(C)=O)[C@H](NC(C)=O)c1cccc(OC)c1OC. The number of Topliss-reactive ketones (excluding diaryl/α,β-unsaturated/α-hetero) is 1. The van der Waals surface area contributed by atoms with Crippen molar-refractivity contribution in [2.75, 3.05) is 21.3 Å². The molecule has 1 aromatic carbocycles. The molecule has 0 heterocycles. The van der Waals surface area contributed by atoms with Gasteiger partial charge in [-0.3, -0.25) is 14.4 Å². The Bertz CT molecular complexity index is 598. The Labute approximate surface area is 134 Å². The van der Waals surface area contributed by atoms with Crippen LogP contribution in [0.15, 0.2) is 18.2 Å². The monoisotopic (exact) mass is 323 g/mol. The molecule has 2 atom stereocenters. The van der Waals surface area contributed by atoms with Crippen LogP contribution in [0.5, 0.6) is 11.5 Å². The predicted octanol–water partition coefficient (Wildman–Crippen LogP) is 1.26. The van der Waals surface area contributed by atoms with Gasteiger partial charge in [0.25, 0.3) is 0 Å². The minimum Gasteiger partial charge on any atom is -0.493 e. The van der Waals surface area contributed by atoms with E-state index in [1.165, 1.54) is 35.2 Å². The highest BCUT2D eigenvalue weighted by Crippen LogP contribution is 2.37. The summed E-state index contributed by atoms with van der Waals surface area (Å²) >= 11 is 0. The fraction of sp³-hybridized carbons (Fsp3) is 0.438. The predicted molar refractivity (Wildman–Crippen MR) is 82.3 cm³/mol. The third kappa shape index (κ3) is 4.21. The molecule has 0 radical (unpaired) electrons. The third-order valence-corrected chi connectivity index (χ3v) is 3.35. The average molecular weight is 323 g/mol. The van der Waals surface area contributed by atoms with E-state index < -0.39 is 29.6 Å². The summed E-state index contributed by atoms with van der Waals surface area (Å²) in [5, 5.41) is 2.62. The van der Waals surface area contributed by atoms with Gasteiger partial charge >= 0.3 is 5.97 Å². The number of benzene rings is 1. The van der Waals surface area contributed by atoms with Gasteiger partial charge in [0.05, 0.1) is 27.4 Å². The van der Waals surface area contributed by atoms with Crippen molar-refractivity contribution >= 4 is 17.7 Å². The van der Waals surface area contributed by atoms with E-state index in [9.17, 15) is 14.4 Å². The molecular formula is C16H21NO6. The number of nitrogens with one attached hydrogen (secondary N) is 1. The number of ether oxygens (including phenoxy) is 3. The number of methoxy groups -OCH3 is 3. The molecule has 1 aromatic rings. The molecule has 0 bridgehead atoms. The first-order valence-electron chi connectivity index (χ1n) is 6.93. The lowest BCUT2D eigenvalue weighted by molar-refractivity contribution is -0.150. The minimum atomic E-state index is -1.19. The second-order valence-corrected chi connectivity index (χ2v) is 4.87. The van der Waals surface area contributed by atoms with Crippen LogP contribution in [0, 0.1) is 5.92 Å². The largest absolute Gasteiger partial charge is 0.493 e. The number of rotatable bonds is 7. The number of hydrogen-bond acceptors (Lipinski definition) is 6. The Morgan fingerprint density at radius 1 is 1.04 bits per heavy atom. The topological polar surface area (TPSA) is 90.9 Å². The molecule has 0 aliphatic heterocycles. The van der Waals surface area contributed by atoms with Gasteiger partial charge < -0.3 is 19.5 Å². The van der Waals surface area contributed by atoms with E-state index in [1.807, 2.05) is 0 Å². The lowest BCUT2D eigenvalue weighted by Gasteiger charge is -2.26. The van der Waals surface area contributed by atoms with E-state index in [1.54, 1.807) is 18.2 Å². The van der Waals surface area contributed by atoms with Gasteiger partial charge in [0.1, 0.15) is 11.7 Å². The molecule has 23 heavy (non-hydrogen) atoms. The molecule has 0 spiro atoms. The molecular weight excluding hydrogens is 302 g/mol. The van der Waals surface area contributed by atoms with Crippen LogP contribution in [0.1, 0.15) is 25.5 Å². The summed E-state index contributed by atoms with van der Waals surface area (Å²) in [6.07, 6.45) is 0. The lowest BCUT2D eigenvalue weighted by Crippen LogP contribution is -2.39. The summed E-state index contributed by atoms with van der Waals surface area (Å²) in [5.74, 6) is -1.99. The molecule has 1 amide bonds. The molecule has 126 valence electrons. The first kappa shape index (κ1) is 18.5. The van der Waals surface area contributed by atoms with Crippen LogP contribution in [0.25, 0.3) is 0 Å². The standard InChI is InChI=1S/C16H21NO6/c1-9(18)13(16(20)23-5)14(17-10(2)19)11-7-6-8-12(21-3)15(11)22-4/h6-8,13-14H,1-5H3,(H,17,19)/t13-,14+/m0/s1. The zero-order valence-electron chi connectivity index (χ0n) is 13.8. The summed E-state index contributed by atoms with van der Waals surface area (Å²) in [7, 11) is 4.09. The van der Waals surface area contributed by atoms with Crippen LogP contribution in [-0.2, 0) is 19.1 Å². The van der Waals surface area contributed by atoms with Crippen molar-refractivity contribution in [1.82, 2.24) is 5.32 Å². The molecule has 7 nitrogen and oxygen atoms in total. The van der Waals surface area contributed by atoms with Gasteiger partial charge in [-0.25, -0.2) is 0 Å². The van der Waals surface area contributed by atoms with Crippen molar-refractivity contribution in [2.45, 2.75) is 19.9 Å². The van der Waals surface area contributed by atoms with Crippen molar-refractivity contribution in [1.29, 1.82) is 0 Å². The first-order valence-corrected chi connectivity index (χ1v) is 6.93. The molecule has 0 fully saturated rings. The van der Waals surface area contributed by atoms with Gasteiger partial charge in [-0.2, -0.15) is 0 Å². The quantitative estimate of drug-likeness (QED) is 0.600. The number of amides is 1. The van der Waals surface area contributed by atoms with Crippen LogP contribution in [0.3, 0.4) is 0 Å². The Hall–Kier alpha value is -2.57. The van der Waals surface area contributed by atoms with Crippen LogP contribution in [-0.4, -0.2) is 39.0 Å². The highest BCUT2D eigenvalue weighted by atomic mass is 16.5. The third-order valence-electron chi connectivity index (χ3n) is 3.35. The zero-order chi connectivity index (χ0) is 17.6. The summed E-state index contributed by atoms with van der Waals surface area (Å²) < 4.78 is 15.3. The zero-order valence-corrected chi connectivity index (χ0v) is 13.8. The Morgan fingerprint density at radius 3 is 2.13 bits per heavy atom. The fourth-order valence-corrected chi connectivity index (χ4v) is 2.38. The van der Waals surface area contributed by atoms with Crippen LogP contribution < -0.4 is 14.8 Å². The maximum atomic E-state index is 12.0. The maximum Gasteiger partial charge on any atom is 0.318 e. The summed E-state index contributed by atoms with van der Waals surface area (Å²) in [5.41, 5.74) is 0.452. The Kier molecular flexibility index (Phi) is 6.56. The number of para-hydroxylation sites is 1. The second-order valence-electron chi connectivity index (χ2n) is 4.87. The number of ketones is 1. The summed E-state index contributed by atoms with van der Waals surface area (Å²) in [6.45, 7) is 2.57. The van der Waals surface area contributed by atoms with Crippen molar-refractivity contribution in [3.8, 4) is 11.5 Å². The number of esters is 1. The molecule has 0 saturated heterocycles. The van der Waals surface area contributed by atoms with Gasteiger partial charge in [0.15, 0.2) is 11.5 Å². The average Bonchev–Trinajstić information content (AvgIpc) is 2.52.